The summed E-state index contributed by atoms with van der Waals surface area (Å²) in [6.45, 7) is 0. The summed E-state index contributed by atoms with van der Waals surface area (Å²) in [6, 6.07) is 11.3. The zero-order valence-corrected chi connectivity index (χ0v) is 15.1. The first-order valence-corrected chi connectivity index (χ1v) is 7.91. The SMILES string of the molecule is COC(=O)c1cc(NC(=O)c2ccccc2I)cc(C(=O)OC)c1. The molecule has 24 heavy (non-hydrogen) atoms. The highest BCUT2D eigenvalue weighted by atomic mass is 127. The van der Waals surface area contributed by atoms with Gasteiger partial charge in [-0.15, -0.1) is 0 Å². The number of rotatable bonds is 4. The minimum Gasteiger partial charge on any atom is -0.465 e. The molecular weight excluding hydrogens is 425 g/mol. The molecule has 0 radical (unpaired) electrons. The molecule has 0 saturated heterocycles. The number of hydrogen-bond acceptors (Lipinski definition) is 5. The van der Waals surface area contributed by atoms with Crippen molar-refractivity contribution in [1.82, 2.24) is 0 Å². The molecule has 0 aliphatic carbocycles. The highest BCUT2D eigenvalue weighted by Crippen LogP contribution is 2.19. The van der Waals surface area contributed by atoms with Gasteiger partial charge in [0.15, 0.2) is 0 Å². The number of anilines is 1. The van der Waals surface area contributed by atoms with E-state index < -0.39 is 11.9 Å². The van der Waals surface area contributed by atoms with Crippen molar-refractivity contribution in [2.75, 3.05) is 19.5 Å². The van der Waals surface area contributed by atoms with Crippen LogP contribution in [0.5, 0.6) is 0 Å². The molecule has 0 aromatic heterocycles. The van der Waals surface area contributed by atoms with Crippen molar-refractivity contribution in [1.29, 1.82) is 0 Å². The zero-order chi connectivity index (χ0) is 17.7. The first-order chi connectivity index (χ1) is 11.5. The van der Waals surface area contributed by atoms with Crippen molar-refractivity contribution in [3.05, 3.63) is 62.7 Å². The molecule has 124 valence electrons. The van der Waals surface area contributed by atoms with E-state index in [1.165, 1.54) is 32.4 Å². The monoisotopic (exact) mass is 439 g/mol. The number of methoxy groups -OCH3 is 2. The average molecular weight is 439 g/mol. The summed E-state index contributed by atoms with van der Waals surface area (Å²) in [6.07, 6.45) is 0. The minimum atomic E-state index is -0.620. The van der Waals surface area contributed by atoms with Gasteiger partial charge in [-0.25, -0.2) is 9.59 Å². The van der Waals surface area contributed by atoms with Crippen LogP contribution in [0.15, 0.2) is 42.5 Å². The molecule has 0 atom stereocenters. The van der Waals surface area contributed by atoms with Gasteiger partial charge in [0.25, 0.3) is 5.91 Å². The van der Waals surface area contributed by atoms with E-state index in [2.05, 4.69) is 37.4 Å². The Bertz CT molecular complexity index is 769. The summed E-state index contributed by atoms with van der Waals surface area (Å²) >= 11 is 2.06. The third kappa shape index (κ3) is 4.10. The van der Waals surface area contributed by atoms with Gasteiger partial charge in [0.1, 0.15) is 0 Å². The van der Waals surface area contributed by atoms with E-state index in [4.69, 9.17) is 0 Å². The van der Waals surface area contributed by atoms with Crippen LogP contribution in [0.2, 0.25) is 0 Å². The van der Waals surface area contributed by atoms with Gasteiger partial charge in [-0.05, 0) is 52.9 Å². The molecular formula is C17H14INO5. The maximum absolute atomic E-state index is 12.4. The summed E-state index contributed by atoms with van der Waals surface area (Å²) in [5.41, 5.74) is 1.06. The van der Waals surface area contributed by atoms with E-state index in [0.717, 1.165) is 3.57 Å². The van der Waals surface area contributed by atoms with E-state index in [0.29, 0.717) is 11.3 Å². The lowest BCUT2D eigenvalue weighted by molar-refractivity contribution is 0.0599. The van der Waals surface area contributed by atoms with E-state index in [9.17, 15) is 14.4 Å². The van der Waals surface area contributed by atoms with Crippen molar-refractivity contribution in [3.8, 4) is 0 Å². The number of amides is 1. The number of benzene rings is 2. The minimum absolute atomic E-state index is 0.137. The van der Waals surface area contributed by atoms with Gasteiger partial charge in [-0.2, -0.15) is 0 Å². The van der Waals surface area contributed by atoms with Gasteiger partial charge in [-0.1, -0.05) is 12.1 Å². The van der Waals surface area contributed by atoms with Crippen molar-refractivity contribution in [2.45, 2.75) is 0 Å². The number of esters is 2. The first-order valence-electron chi connectivity index (χ1n) is 6.84. The van der Waals surface area contributed by atoms with Crippen molar-refractivity contribution in [3.63, 3.8) is 0 Å². The summed E-state index contributed by atoms with van der Waals surface area (Å²) in [4.78, 5) is 35.9. The van der Waals surface area contributed by atoms with E-state index in [1.807, 2.05) is 6.07 Å². The largest absolute Gasteiger partial charge is 0.465 e. The number of hydrogen-bond donors (Lipinski definition) is 1. The van der Waals surface area contributed by atoms with Crippen LogP contribution in [-0.2, 0) is 9.47 Å². The van der Waals surface area contributed by atoms with Gasteiger partial charge in [-0.3, -0.25) is 4.79 Å². The summed E-state index contributed by atoms with van der Waals surface area (Å²) < 4.78 is 10.1. The third-order valence-corrected chi connectivity index (χ3v) is 4.09. The van der Waals surface area contributed by atoms with Gasteiger partial charge in [0.2, 0.25) is 0 Å². The van der Waals surface area contributed by atoms with Crippen LogP contribution in [-0.4, -0.2) is 32.1 Å². The Kier molecular flexibility index (Phi) is 5.91. The fourth-order valence-corrected chi connectivity index (χ4v) is 2.65. The second-order valence-electron chi connectivity index (χ2n) is 4.72. The Labute approximate surface area is 152 Å². The zero-order valence-electron chi connectivity index (χ0n) is 13.0. The fraction of sp³-hybridized carbons (Fsp3) is 0.118. The molecule has 1 N–H and O–H groups in total. The molecule has 0 aliphatic rings. The Hall–Kier alpha value is -2.42. The Morgan fingerprint density at radius 1 is 0.917 bits per heavy atom. The molecule has 0 fully saturated rings. The smallest absolute Gasteiger partial charge is 0.337 e. The quantitative estimate of drug-likeness (QED) is 0.585. The van der Waals surface area contributed by atoms with Crippen LogP contribution in [0.3, 0.4) is 0 Å². The molecule has 2 aromatic rings. The average Bonchev–Trinajstić information content (AvgIpc) is 2.60. The molecule has 0 heterocycles. The van der Waals surface area contributed by atoms with Crippen LogP contribution < -0.4 is 5.32 Å². The Morgan fingerprint density at radius 2 is 1.46 bits per heavy atom. The van der Waals surface area contributed by atoms with Gasteiger partial charge < -0.3 is 14.8 Å². The second kappa shape index (κ2) is 7.91. The van der Waals surface area contributed by atoms with Crippen molar-refractivity contribution >= 4 is 46.1 Å². The van der Waals surface area contributed by atoms with Crippen LogP contribution >= 0.6 is 22.6 Å². The number of nitrogens with one attached hydrogen (secondary N) is 1. The highest BCUT2D eigenvalue weighted by Gasteiger charge is 2.16. The molecule has 6 nitrogen and oxygen atoms in total. The van der Waals surface area contributed by atoms with Crippen LogP contribution in [0.4, 0.5) is 5.69 Å². The summed E-state index contributed by atoms with van der Waals surface area (Å²) in [7, 11) is 2.47. The maximum atomic E-state index is 12.4. The maximum Gasteiger partial charge on any atom is 0.337 e. The molecule has 2 aromatic carbocycles. The topological polar surface area (TPSA) is 81.7 Å². The normalized spacial score (nSPS) is 9.96. The molecule has 0 aliphatic heterocycles. The fourth-order valence-electron chi connectivity index (χ4n) is 2.01. The molecule has 2 rings (SSSR count). The Balaban J connectivity index is 2.38. The van der Waals surface area contributed by atoms with E-state index in [1.54, 1.807) is 18.2 Å². The van der Waals surface area contributed by atoms with Gasteiger partial charge in [0, 0.05) is 9.26 Å². The lowest BCUT2D eigenvalue weighted by atomic mass is 10.1. The second-order valence-corrected chi connectivity index (χ2v) is 5.88. The van der Waals surface area contributed by atoms with Crippen LogP contribution in [0, 0.1) is 3.57 Å². The number of carbonyl (C=O) groups excluding carboxylic acids is 3. The third-order valence-electron chi connectivity index (χ3n) is 3.15. The molecule has 0 saturated carbocycles. The van der Waals surface area contributed by atoms with Gasteiger partial charge >= 0.3 is 11.9 Å². The lowest BCUT2D eigenvalue weighted by Crippen LogP contribution is -2.15. The van der Waals surface area contributed by atoms with E-state index in [-0.39, 0.29) is 17.0 Å². The van der Waals surface area contributed by atoms with E-state index >= 15 is 0 Å². The molecule has 1 amide bonds. The molecule has 0 spiro atoms. The standard InChI is InChI=1S/C17H14INO5/c1-23-16(21)10-7-11(17(22)24-2)9-12(8-10)19-15(20)13-5-3-4-6-14(13)18/h3-9H,1-2H3,(H,19,20). The predicted octanol–water partition coefficient (Wildman–Crippen LogP) is 3.12. The lowest BCUT2D eigenvalue weighted by Gasteiger charge is -2.10. The Morgan fingerprint density at radius 3 is 1.96 bits per heavy atom. The van der Waals surface area contributed by atoms with Crippen LogP contribution in [0.1, 0.15) is 31.1 Å². The highest BCUT2D eigenvalue weighted by molar-refractivity contribution is 14.1. The van der Waals surface area contributed by atoms with Crippen molar-refractivity contribution < 1.29 is 23.9 Å². The molecule has 7 heteroatoms. The number of ether oxygens (including phenoxy) is 2. The molecule has 0 unspecified atom stereocenters. The first kappa shape index (κ1) is 17.9. The predicted molar refractivity (Wildman–Crippen MR) is 96.2 cm³/mol. The summed E-state index contributed by atoms with van der Waals surface area (Å²) in [5.74, 6) is -1.59. The number of halogens is 1. The van der Waals surface area contributed by atoms with Crippen LogP contribution in [0.25, 0.3) is 0 Å². The summed E-state index contributed by atoms with van der Waals surface area (Å²) in [5, 5.41) is 2.68. The number of carbonyl (C=O) groups is 3. The van der Waals surface area contributed by atoms with Crippen molar-refractivity contribution in [2.24, 2.45) is 0 Å². The van der Waals surface area contributed by atoms with Gasteiger partial charge in [0.05, 0.1) is 30.9 Å². The molecule has 0 bridgehead atoms.